The molecule has 3 N–H and O–H groups in total. The number of nitrogens with one attached hydrogen (secondary N) is 1. The van der Waals surface area contributed by atoms with Crippen molar-refractivity contribution in [3.63, 3.8) is 0 Å². The maximum atomic E-state index is 8.76. The fourth-order valence-electron chi connectivity index (χ4n) is 2.51. The maximum absolute atomic E-state index is 8.76. The summed E-state index contributed by atoms with van der Waals surface area (Å²) >= 11 is 0. The van der Waals surface area contributed by atoms with Crippen LogP contribution < -0.4 is 11.1 Å². The molecular formula is C13H19N5. The fourth-order valence-corrected chi connectivity index (χ4v) is 2.51. The smallest absolute Gasteiger partial charge is 0.224 e. The van der Waals surface area contributed by atoms with Crippen LogP contribution in [0.25, 0.3) is 0 Å². The first kappa shape index (κ1) is 12.6. The molecule has 1 unspecified atom stereocenters. The van der Waals surface area contributed by atoms with Crippen molar-refractivity contribution in [2.75, 3.05) is 11.1 Å². The molecule has 0 amide bonds. The summed E-state index contributed by atoms with van der Waals surface area (Å²) in [5.74, 6) is 1.44. The van der Waals surface area contributed by atoms with Gasteiger partial charge in [0.25, 0.3) is 0 Å². The van der Waals surface area contributed by atoms with Gasteiger partial charge >= 0.3 is 0 Å². The van der Waals surface area contributed by atoms with Crippen LogP contribution in [0.15, 0.2) is 6.20 Å². The average Bonchev–Trinajstić information content (AvgIpc) is 2.40. The number of aromatic nitrogens is 2. The van der Waals surface area contributed by atoms with Crippen LogP contribution in [0.1, 0.15) is 44.6 Å². The van der Waals surface area contributed by atoms with E-state index in [1.54, 1.807) is 0 Å². The first-order valence-electron chi connectivity index (χ1n) is 6.50. The second-order valence-electron chi connectivity index (χ2n) is 4.94. The van der Waals surface area contributed by atoms with Gasteiger partial charge in [0.2, 0.25) is 5.95 Å². The summed E-state index contributed by atoms with van der Waals surface area (Å²) in [6.45, 7) is 2.16. The van der Waals surface area contributed by atoms with E-state index in [-0.39, 0.29) is 5.82 Å². The van der Waals surface area contributed by atoms with Gasteiger partial charge in [0.1, 0.15) is 17.5 Å². The molecule has 1 fully saturated rings. The van der Waals surface area contributed by atoms with Gasteiger partial charge in [0.15, 0.2) is 0 Å². The van der Waals surface area contributed by atoms with Crippen molar-refractivity contribution >= 4 is 11.8 Å². The summed E-state index contributed by atoms with van der Waals surface area (Å²) in [4.78, 5) is 8.23. The normalized spacial score (nSPS) is 18.0. The zero-order valence-corrected chi connectivity index (χ0v) is 10.7. The van der Waals surface area contributed by atoms with Crippen molar-refractivity contribution in [1.82, 2.24) is 9.97 Å². The van der Waals surface area contributed by atoms with Gasteiger partial charge in [-0.3, -0.25) is 0 Å². The number of rotatable bonds is 3. The second kappa shape index (κ2) is 5.67. The third kappa shape index (κ3) is 2.89. The molecule has 0 saturated heterocycles. The molecule has 0 aliphatic heterocycles. The molecule has 0 aromatic carbocycles. The van der Waals surface area contributed by atoms with Crippen LogP contribution in [0.5, 0.6) is 0 Å². The third-order valence-electron chi connectivity index (χ3n) is 3.65. The van der Waals surface area contributed by atoms with E-state index < -0.39 is 0 Å². The number of hydrogen-bond donors (Lipinski definition) is 2. The highest BCUT2D eigenvalue weighted by Gasteiger charge is 2.20. The minimum atomic E-state index is 0.242. The third-order valence-corrected chi connectivity index (χ3v) is 3.65. The molecule has 18 heavy (non-hydrogen) atoms. The minimum absolute atomic E-state index is 0.242. The molecule has 0 spiro atoms. The predicted octanol–water partition coefficient (Wildman–Crippen LogP) is 2.31. The highest BCUT2D eigenvalue weighted by molar-refractivity contribution is 5.49. The molecule has 5 heteroatoms. The standard InChI is InChI=1S/C13H19N5/c1-9(10-5-3-2-4-6-10)17-13-16-8-11(7-14)12(15)18-13/h8-10H,2-6H2,1H3,(H3,15,16,17,18). The van der Waals surface area contributed by atoms with Crippen molar-refractivity contribution in [1.29, 1.82) is 5.26 Å². The lowest BCUT2D eigenvalue weighted by Crippen LogP contribution is -2.28. The molecule has 2 rings (SSSR count). The molecule has 1 aliphatic rings. The molecule has 1 atom stereocenters. The lowest BCUT2D eigenvalue weighted by atomic mass is 9.85. The van der Waals surface area contributed by atoms with E-state index in [0.717, 1.165) is 0 Å². The highest BCUT2D eigenvalue weighted by atomic mass is 15.1. The Balaban J connectivity index is 2.00. The Morgan fingerprint density at radius 1 is 1.44 bits per heavy atom. The zero-order valence-electron chi connectivity index (χ0n) is 10.7. The van der Waals surface area contributed by atoms with Gasteiger partial charge in [-0.1, -0.05) is 19.3 Å². The van der Waals surface area contributed by atoms with Gasteiger partial charge in [-0.2, -0.15) is 10.2 Å². The van der Waals surface area contributed by atoms with Crippen molar-refractivity contribution in [2.45, 2.75) is 45.1 Å². The Labute approximate surface area is 107 Å². The molecule has 1 saturated carbocycles. The van der Waals surface area contributed by atoms with E-state index >= 15 is 0 Å². The van der Waals surface area contributed by atoms with E-state index in [2.05, 4.69) is 22.2 Å². The zero-order chi connectivity index (χ0) is 13.0. The number of anilines is 2. The lowest BCUT2D eigenvalue weighted by molar-refractivity contribution is 0.327. The first-order chi connectivity index (χ1) is 8.70. The van der Waals surface area contributed by atoms with E-state index in [1.165, 1.54) is 38.3 Å². The molecule has 1 aromatic heterocycles. The fraction of sp³-hybridized carbons (Fsp3) is 0.615. The lowest BCUT2D eigenvalue weighted by Gasteiger charge is -2.28. The first-order valence-corrected chi connectivity index (χ1v) is 6.50. The van der Waals surface area contributed by atoms with E-state index in [1.807, 2.05) is 6.07 Å². The monoisotopic (exact) mass is 245 g/mol. The Bertz CT molecular complexity index is 445. The molecule has 0 radical (unpaired) electrons. The maximum Gasteiger partial charge on any atom is 0.224 e. The minimum Gasteiger partial charge on any atom is -0.382 e. The van der Waals surface area contributed by atoms with Crippen LogP contribution in [0.3, 0.4) is 0 Å². The topological polar surface area (TPSA) is 87.6 Å². The Hall–Kier alpha value is -1.83. The van der Waals surface area contributed by atoms with Crippen LogP contribution in [0.4, 0.5) is 11.8 Å². The van der Waals surface area contributed by atoms with Crippen molar-refractivity contribution < 1.29 is 0 Å². The number of nitriles is 1. The summed E-state index contributed by atoms with van der Waals surface area (Å²) in [6, 6.07) is 2.31. The average molecular weight is 245 g/mol. The van der Waals surface area contributed by atoms with Crippen LogP contribution in [-0.4, -0.2) is 16.0 Å². The molecule has 96 valence electrons. The summed E-state index contributed by atoms with van der Waals surface area (Å²) in [7, 11) is 0. The highest BCUT2D eigenvalue weighted by Crippen LogP contribution is 2.27. The quantitative estimate of drug-likeness (QED) is 0.853. The molecule has 0 bridgehead atoms. The molecule has 1 heterocycles. The van der Waals surface area contributed by atoms with Crippen molar-refractivity contribution in [2.24, 2.45) is 5.92 Å². The number of nitrogens with zero attached hydrogens (tertiary/aromatic N) is 3. The summed E-state index contributed by atoms with van der Waals surface area (Å²) in [5, 5.41) is 12.1. The van der Waals surface area contributed by atoms with E-state index in [9.17, 15) is 0 Å². The van der Waals surface area contributed by atoms with Crippen molar-refractivity contribution in [3.05, 3.63) is 11.8 Å². The Kier molecular flexibility index (Phi) is 3.98. The van der Waals surface area contributed by atoms with Gasteiger partial charge in [0.05, 0.1) is 6.20 Å². The molecule has 1 aromatic rings. The second-order valence-corrected chi connectivity index (χ2v) is 4.94. The molecular weight excluding hydrogens is 226 g/mol. The Morgan fingerprint density at radius 3 is 2.78 bits per heavy atom. The van der Waals surface area contributed by atoms with Crippen LogP contribution in [-0.2, 0) is 0 Å². The van der Waals surface area contributed by atoms with Gasteiger partial charge in [0, 0.05) is 6.04 Å². The predicted molar refractivity (Wildman–Crippen MR) is 70.8 cm³/mol. The number of hydrogen-bond acceptors (Lipinski definition) is 5. The number of nitrogens with two attached hydrogens (primary N) is 1. The van der Waals surface area contributed by atoms with Gasteiger partial charge in [-0.25, -0.2) is 4.98 Å². The summed E-state index contributed by atoms with van der Waals surface area (Å²) < 4.78 is 0. The molecule has 5 nitrogen and oxygen atoms in total. The van der Waals surface area contributed by atoms with Gasteiger partial charge in [-0.05, 0) is 25.7 Å². The Morgan fingerprint density at radius 2 is 2.17 bits per heavy atom. The SMILES string of the molecule is CC(Nc1ncc(C#N)c(N)n1)C1CCCCC1. The summed E-state index contributed by atoms with van der Waals surface area (Å²) in [6.07, 6.45) is 7.97. The van der Waals surface area contributed by atoms with Gasteiger partial charge in [-0.15, -0.1) is 0 Å². The largest absolute Gasteiger partial charge is 0.382 e. The molecule has 1 aliphatic carbocycles. The van der Waals surface area contributed by atoms with Crippen LogP contribution in [0.2, 0.25) is 0 Å². The van der Waals surface area contributed by atoms with E-state index in [0.29, 0.717) is 23.5 Å². The van der Waals surface area contributed by atoms with Gasteiger partial charge < -0.3 is 11.1 Å². The summed E-state index contributed by atoms with van der Waals surface area (Å²) in [5.41, 5.74) is 6.00. The van der Waals surface area contributed by atoms with Crippen molar-refractivity contribution in [3.8, 4) is 6.07 Å². The van der Waals surface area contributed by atoms with E-state index in [4.69, 9.17) is 11.0 Å². The van der Waals surface area contributed by atoms with Crippen LogP contribution in [0, 0.1) is 17.2 Å². The number of nitrogen functional groups attached to an aromatic ring is 1. The van der Waals surface area contributed by atoms with Crippen LogP contribution >= 0.6 is 0 Å².